The molecule has 3 heterocycles. The summed E-state index contributed by atoms with van der Waals surface area (Å²) >= 11 is 0. The maximum atomic E-state index is 12.8. The van der Waals surface area contributed by atoms with Crippen molar-refractivity contribution in [2.45, 2.75) is 6.54 Å². The molecule has 7 nitrogen and oxygen atoms in total. The monoisotopic (exact) mass is 365 g/mol. The highest BCUT2D eigenvalue weighted by molar-refractivity contribution is 5.91. The van der Waals surface area contributed by atoms with Crippen LogP contribution in [0.25, 0.3) is 5.65 Å². The first-order valence-corrected chi connectivity index (χ1v) is 8.29. The van der Waals surface area contributed by atoms with Crippen molar-refractivity contribution in [1.29, 1.82) is 0 Å². The molecule has 27 heavy (non-hydrogen) atoms. The van der Waals surface area contributed by atoms with Gasteiger partial charge in [0.2, 0.25) is 0 Å². The molecule has 0 radical (unpaired) electrons. The fraction of sp³-hybridized carbons (Fsp3) is 0.105. The topological polar surface area (TPSA) is 73.5 Å². The number of carbonyl (C=O) groups excluding carboxylic acids is 1. The van der Waals surface area contributed by atoms with Crippen molar-refractivity contribution in [3.05, 3.63) is 78.8 Å². The summed E-state index contributed by atoms with van der Waals surface area (Å²) in [6.07, 6.45) is 7.15. The van der Waals surface area contributed by atoms with Gasteiger partial charge in [0.15, 0.2) is 6.61 Å². The zero-order valence-electron chi connectivity index (χ0n) is 14.2. The fourth-order valence-corrected chi connectivity index (χ4v) is 2.62. The molecule has 0 aliphatic carbocycles. The number of imidazole rings is 1. The molecular weight excluding hydrogens is 349 g/mol. The van der Waals surface area contributed by atoms with Crippen molar-refractivity contribution >= 4 is 17.2 Å². The number of rotatable bonds is 6. The van der Waals surface area contributed by atoms with Crippen LogP contribution in [0.1, 0.15) is 5.69 Å². The van der Waals surface area contributed by atoms with Gasteiger partial charge >= 0.3 is 0 Å². The number of ether oxygens (including phenoxy) is 1. The number of halogens is 1. The Morgan fingerprint density at radius 2 is 2.00 bits per heavy atom. The zero-order chi connectivity index (χ0) is 18.6. The Balaban J connectivity index is 1.33. The predicted molar refractivity (Wildman–Crippen MR) is 97.0 cm³/mol. The van der Waals surface area contributed by atoms with Crippen LogP contribution in [0.3, 0.4) is 0 Å². The lowest BCUT2D eigenvalue weighted by atomic mass is 10.3. The average molecular weight is 365 g/mol. The largest absolute Gasteiger partial charge is 0.484 e. The average Bonchev–Trinajstić information content (AvgIpc) is 3.27. The van der Waals surface area contributed by atoms with Gasteiger partial charge in [0.25, 0.3) is 5.91 Å². The van der Waals surface area contributed by atoms with E-state index >= 15 is 0 Å². The van der Waals surface area contributed by atoms with Crippen LogP contribution in [0.2, 0.25) is 0 Å². The maximum absolute atomic E-state index is 12.8. The van der Waals surface area contributed by atoms with E-state index in [-0.39, 0.29) is 18.3 Å². The Labute approximate surface area is 154 Å². The predicted octanol–water partition coefficient (Wildman–Crippen LogP) is 2.74. The molecule has 4 aromatic rings. The number of anilines is 1. The van der Waals surface area contributed by atoms with Crippen LogP contribution in [-0.4, -0.2) is 31.7 Å². The Morgan fingerprint density at radius 3 is 2.81 bits per heavy atom. The second-order valence-corrected chi connectivity index (χ2v) is 5.92. The molecule has 0 atom stereocenters. The number of fused-ring (bicyclic) bond motifs is 1. The summed E-state index contributed by atoms with van der Waals surface area (Å²) in [7, 11) is 0. The van der Waals surface area contributed by atoms with Crippen molar-refractivity contribution in [2.24, 2.45) is 0 Å². The second kappa shape index (κ2) is 7.28. The van der Waals surface area contributed by atoms with Gasteiger partial charge in [-0.2, -0.15) is 5.10 Å². The number of benzene rings is 1. The molecule has 8 heteroatoms. The van der Waals surface area contributed by atoms with Crippen molar-refractivity contribution in [1.82, 2.24) is 19.2 Å². The molecule has 1 N–H and O–H groups in total. The van der Waals surface area contributed by atoms with Gasteiger partial charge in [-0.05, 0) is 36.4 Å². The smallest absolute Gasteiger partial charge is 0.262 e. The van der Waals surface area contributed by atoms with Gasteiger partial charge in [0, 0.05) is 18.6 Å². The fourth-order valence-electron chi connectivity index (χ4n) is 2.62. The summed E-state index contributed by atoms with van der Waals surface area (Å²) in [5.41, 5.74) is 2.29. The Hall–Kier alpha value is -3.68. The molecule has 3 aromatic heterocycles. The van der Waals surface area contributed by atoms with Crippen LogP contribution < -0.4 is 10.1 Å². The van der Waals surface area contributed by atoms with Crippen molar-refractivity contribution < 1.29 is 13.9 Å². The normalized spacial score (nSPS) is 10.9. The van der Waals surface area contributed by atoms with Gasteiger partial charge in [0.1, 0.15) is 17.2 Å². The third-order valence-corrected chi connectivity index (χ3v) is 3.84. The molecule has 0 bridgehead atoms. The highest BCUT2D eigenvalue weighted by Crippen LogP contribution is 2.12. The van der Waals surface area contributed by atoms with Gasteiger partial charge in [-0.1, -0.05) is 6.07 Å². The molecule has 0 fully saturated rings. The van der Waals surface area contributed by atoms with Crippen LogP contribution in [-0.2, 0) is 11.3 Å². The molecule has 136 valence electrons. The zero-order valence-corrected chi connectivity index (χ0v) is 14.2. The van der Waals surface area contributed by atoms with E-state index in [1.54, 1.807) is 17.1 Å². The molecule has 1 amide bonds. The third-order valence-electron chi connectivity index (χ3n) is 3.84. The highest BCUT2D eigenvalue weighted by atomic mass is 19.1. The standard InChI is InChI=1S/C19H16FN5O2/c20-14-4-6-17(7-5-14)27-13-19(26)23-15-9-21-25(11-15)12-16-10-24-8-2-1-3-18(24)22-16/h1-11H,12-13H2,(H,23,26). The molecule has 0 aliphatic heterocycles. The molecule has 0 unspecified atom stereocenters. The van der Waals surface area contributed by atoms with E-state index in [0.29, 0.717) is 18.0 Å². The molecule has 4 rings (SSSR count). The first kappa shape index (κ1) is 16.8. The number of pyridine rings is 1. The summed E-state index contributed by atoms with van der Waals surface area (Å²) in [5.74, 6) is -0.259. The van der Waals surface area contributed by atoms with E-state index in [2.05, 4.69) is 15.4 Å². The van der Waals surface area contributed by atoms with E-state index in [4.69, 9.17) is 4.74 Å². The Kier molecular flexibility index (Phi) is 4.52. The molecular formula is C19H16FN5O2. The number of nitrogens with zero attached hydrogens (tertiary/aromatic N) is 4. The SMILES string of the molecule is O=C(COc1ccc(F)cc1)Nc1cnn(Cc2cn3ccccc3n2)c1. The summed E-state index contributed by atoms with van der Waals surface area (Å²) < 4.78 is 21.8. The lowest BCUT2D eigenvalue weighted by Crippen LogP contribution is -2.19. The van der Waals surface area contributed by atoms with Crippen LogP contribution in [0, 0.1) is 5.82 Å². The number of carbonyl (C=O) groups is 1. The van der Waals surface area contributed by atoms with E-state index in [1.165, 1.54) is 24.3 Å². The number of amides is 1. The number of aromatic nitrogens is 4. The second-order valence-electron chi connectivity index (χ2n) is 5.92. The first-order valence-electron chi connectivity index (χ1n) is 8.29. The van der Waals surface area contributed by atoms with Crippen molar-refractivity contribution in [3.8, 4) is 5.75 Å². The summed E-state index contributed by atoms with van der Waals surface area (Å²) in [4.78, 5) is 16.5. The molecule has 0 aliphatic rings. The molecule has 0 spiro atoms. The first-order chi connectivity index (χ1) is 13.2. The van der Waals surface area contributed by atoms with E-state index in [1.807, 2.05) is 35.0 Å². The van der Waals surface area contributed by atoms with Crippen LogP contribution in [0.4, 0.5) is 10.1 Å². The number of hydrogen-bond donors (Lipinski definition) is 1. The quantitative estimate of drug-likeness (QED) is 0.570. The minimum Gasteiger partial charge on any atom is -0.484 e. The van der Waals surface area contributed by atoms with Crippen LogP contribution >= 0.6 is 0 Å². The van der Waals surface area contributed by atoms with Crippen LogP contribution in [0.15, 0.2) is 67.3 Å². The van der Waals surface area contributed by atoms with E-state index in [0.717, 1.165) is 11.3 Å². The van der Waals surface area contributed by atoms with E-state index in [9.17, 15) is 9.18 Å². The molecule has 1 aromatic carbocycles. The highest BCUT2D eigenvalue weighted by Gasteiger charge is 2.08. The summed E-state index contributed by atoms with van der Waals surface area (Å²) in [6.45, 7) is 0.312. The molecule has 0 saturated carbocycles. The Morgan fingerprint density at radius 1 is 1.15 bits per heavy atom. The summed E-state index contributed by atoms with van der Waals surface area (Å²) in [6, 6.07) is 11.3. The Bertz CT molecular complexity index is 1040. The minimum absolute atomic E-state index is 0.177. The number of hydrogen-bond acceptors (Lipinski definition) is 4. The lowest BCUT2D eigenvalue weighted by molar-refractivity contribution is -0.118. The van der Waals surface area contributed by atoms with Gasteiger partial charge < -0.3 is 14.5 Å². The van der Waals surface area contributed by atoms with Gasteiger partial charge in [-0.3, -0.25) is 9.48 Å². The van der Waals surface area contributed by atoms with Gasteiger partial charge in [-0.15, -0.1) is 0 Å². The molecule has 0 saturated heterocycles. The van der Waals surface area contributed by atoms with Gasteiger partial charge in [0.05, 0.1) is 24.1 Å². The third kappa shape index (κ3) is 4.12. The minimum atomic E-state index is -0.357. The van der Waals surface area contributed by atoms with Gasteiger partial charge in [-0.25, -0.2) is 9.37 Å². The number of nitrogens with one attached hydrogen (secondary N) is 1. The van der Waals surface area contributed by atoms with Crippen LogP contribution in [0.5, 0.6) is 5.75 Å². The van der Waals surface area contributed by atoms with Crippen molar-refractivity contribution in [2.75, 3.05) is 11.9 Å². The van der Waals surface area contributed by atoms with Crippen molar-refractivity contribution in [3.63, 3.8) is 0 Å². The lowest BCUT2D eigenvalue weighted by Gasteiger charge is -2.05. The summed E-state index contributed by atoms with van der Waals surface area (Å²) in [5, 5.41) is 6.94. The van der Waals surface area contributed by atoms with E-state index < -0.39 is 0 Å². The maximum Gasteiger partial charge on any atom is 0.262 e.